The van der Waals surface area contributed by atoms with E-state index < -0.39 is 12.4 Å². The number of aliphatic hydroxyl groups excluding tert-OH is 1. The average molecular weight is 142 g/mol. The molecule has 6 heteroatoms. The summed E-state index contributed by atoms with van der Waals surface area (Å²) in [6.07, 6.45) is 0. The largest absolute Gasteiger partial charge is 0.388 e. The van der Waals surface area contributed by atoms with Crippen LogP contribution in [0.5, 0.6) is 0 Å². The topological polar surface area (TPSA) is 105 Å². The molecule has 0 atom stereocenters. The lowest BCUT2D eigenvalue weighted by atomic mass is 10.4. The van der Waals surface area contributed by atoms with Crippen LogP contribution in [0, 0.1) is 0 Å². The summed E-state index contributed by atoms with van der Waals surface area (Å²) in [7, 11) is 0. The minimum absolute atomic E-state index is 0.0665. The molecule has 1 aromatic heterocycles. The maximum absolute atomic E-state index is 10.6. The number of nitrogens with zero attached hydrogens (tertiary/aromatic N) is 2. The van der Waals surface area contributed by atoms with Crippen molar-refractivity contribution in [3.63, 3.8) is 0 Å². The molecule has 0 aliphatic rings. The molecule has 0 saturated heterocycles. The van der Waals surface area contributed by atoms with Crippen molar-refractivity contribution in [3.05, 3.63) is 5.82 Å². The second kappa shape index (κ2) is 2.44. The fraction of sp³-hybridized carbons (Fsp3) is 0.250. The summed E-state index contributed by atoms with van der Waals surface area (Å²) in [5.41, 5.74) is 5.11. The second-order valence-corrected chi connectivity index (χ2v) is 1.63. The van der Waals surface area contributed by atoms with E-state index in [0.717, 1.165) is 0 Å². The molecule has 1 rings (SSSR count). The van der Waals surface area contributed by atoms with Crippen LogP contribution in [0.1, 0.15) is 10.6 Å². The van der Waals surface area contributed by atoms with E-state index >= 15 is 0 Å². The van der Waals surface area contributed by atoms with Crippen LogP contribution in [0.2, 0.25) is 0 Å². The standard InChI is InChI=1S/C4H6N4O2/c5-4-6-3(7-8-4)2(10)1-9/h9H,1H2,(H3,5,6,7,8). The molecule has 54 valence electrons. The van der Waals surface area contributed by atoms with E-state index in [4.69, 9.17) is 10.8 Å². The highest BCUT2D eigenvalue weighted by molar-refractivity contribution is 5.93. The number of Topliss-reactive ketones (excluding diaryl/α,β-unsaturated/α-hetero) is 1. The molecular weight excluding hydrogens is 136 g/mol. The Morgan fingerprint density at radius 1 is 1.80 bits per heavy atom. The highest BCUT2D eigenvalue weighted by Gasteiger charge is 2.08. The highest BCUT2D eigenvalue weighted by Crippen LogP contribution is 1.92. The predicted octanol–water partition coefficient (Wildman–Crippen LogP) is -1.44. The zero-order valence-electron chi connectivity index (χ0n) is 5.03. The van der Waals surface area contributed by atoms with Crippen LogP contribution in [0.3, 0.4) is 0 Å². The van der Waals surface area contributed by atoms with Gasteiger partial charge in [-0.3, -0.25) is 4.79 Å². The quantitative estimate of drug-likeness (QED) is 0.438. The number of H-pyrrole nitrogens is 1. The Bertz CT molecular complexity index is 243. The Morgan fingerprint density at radius 2 is 2.50 bits per heavy atom. The number of anilines is 1. The summed E-state index contributed by atoms with van der Waals surface area (Å²) in [5.74, 6) is -0.565. The van der Waals surface area contributed by atoms with E-state index in [1.807, 2.05) is 0 Å². The Labute approximate surface area is 56.1 Å². The maximum atomic E-state index is 10.6. The molecule has 0 aromatic carbocycles. The third kappa shape index (κ3) is 1.11. The smallest absolute Gasteiger partial charge is 0.227 e. The fourth-order valence-electron chi connectivity index (χ4n) is 0.470. The van der Waals surface area contributed by atoms with Crippen molar-refractivity contribution >= 4 is 11.7 Å². The third-order valence-corrected chi connectivity index (χ3v) is 0.896. The summed E-state index contributed by atoms with van der Waals surface area (Å²) >= 11 is 0. The van der Waals surface area contributed by atoms with Crippen LogP contribution >= 0.6 is 0 Å². The van der Waals surface area contributed by atoms with Gasteiger partial charge < -0.3 is 10.8 Å². The van der Waals surface area contributed by atoms with Gasteiger partial charge >= 0.3 is 0 Å². The molecular formula is C4H6N4O2. The first kappa shape index (κ1) is 6.69. The van der Waals surface area contributed by atoms with Gasteiger partial charge in [-0.2, -0.15) is 4.98 Å². The van der Waals surface area contributed by atoms with Crippen molar-refractivity contribution in [2.75, 3.05) is 12.3 Å². The second-order valence-electron chi connectivity index (χ2n) is 1.63. The van der Waals surface area contributed by atoms with Crippen LogP contribution in [-0.2, 0) is 0 Å². The van der Waals surface area contributed by atoms with Gasteiger partial charge in [-0.1, -0.05) is 0 Å². The molecule has 0 aliphatic carbocycles. The van der Waals surface area contributed by atoms with Gasteiger partial charge in [0.15, 0.2) is 0 Å². The van der Waals surface area contributed by atoms with E-state index in [1.165, 1.54) is 0 Å². The Balaban J connectivity index is 2.85. The molecule has 0 unspecified atom stereocenters. The van der Waals surface area contributed by atoms with Gasteiger partial charge in [-0.05, 0) is 0 Å². The molecule has 0 radical (unpaired) electrons. The number of hydrogen-bond donors (Lipinski definition) is 3. The van der Waals surface area contributed by atoms with Crippen LogP contribution in [0.4, 0.5) is 5.95 Å². The van der Waals surface area contributed by atoms with Crippen LogP contribution in [0.15, 0.2) is 0 Å². The van der Waals surface area contributed by atoms with Crippen molar-refractivity contribution < 1.29 is 9.90 Å². The molecule has 1 heterocycles. The number of carbonyl (C=O) groups is 1. The maximum Gasteiger partial charge on any atom is 0.227 e. The summed E-state index contributed by atoms with van der Waals surface area (Å²) in [6, 6.07) is 0. The van der Waals surface area contributed by atoms with E-state index in [9.17, 15) is 4.79 Å². The number of aliphatic hydroxyl groups is 1. The van der Waals surface area contributed by atoms with Crippen molar-refractivity contribution in [1.29, 1.82) is 0 Å². The number of rotatable bonds is 2. The molecule has 4 N–H and O–H groups in total. The zero-order chi connectivity index (χ0) is 7.56. The molecule has 0 bridgehead atoms. The van der Waals surface area contributed by atoms with Gasteiger partial charge in [0.25, 0.3) is 0 Å². The minimum atomic E-state index is -0.600. The van der Waals surface area contributed by atoms with Gasteiger partial charge in [-0.15, -0.1) is 5.10 Å². The zero-order valence-corrected chi connectivity index (χ0v) is 5.03. The van der Waals surface area contributed by atoms with Crippen molar-refractivity contribution in [3.8, 4) is 0 Å². The molecule has 0 saturated carbocycles. The molecule has 0 spiro atoms. The highest BCUT2D eigenvalue weighted by atomic mass is 16.3. The lowest BCUT2D eigenvalue weighted by molar-refractivity contribution is 0.0893. The Morgan fingerprint density at radius 3 is 2.90 bits per heavy atom. The minimum Gasteiger partial charge on any atom is -0.388 e. The number of hydrogen-bond acceptors (Lipinski definition) is 5. The average Bonchev–Trinajstić information content (AvgIpc) is 2.34. The predicted molar refractivity (Wildman–Crippen MR) is 32.2 cm³/mol. The van der Waals surface area contributed by atoms with Gasteiger partial charge in [0.2, 0.25) is 17.6 Å². The number of nitrogen functional groups attached to an aromatic ring is 1. The first-order chi connectivity index (χ1) is 4.74. The van der Waals surface area contributed by atoms with Crippen LogP contribution in [-0.4, -0.2) is 32.7 Å². The fourth-order valence-corrected chi connectivity index (χ4v) is 0.470. The van der Waals surface area contributed by atoms with Gasteiger partial charge in [0.05, 0.1) is 0 Å². The Hall–Kier alpha value is -1.43. The molecule has 10 heavy (non-hydrogen) atoms. The summed E-state index contributed by atoms with van der Waals surface area (Å²) < 4.78 is 0. The summed E-state index contributed by atoms with van der Waals surface area (Å²) in [5, 5.41) is 14.0. The molecule has 0 fully saturated rings. The number of carbonyl (C=O) groups excluding carboxylic acids is 1. The molecule has 6 nitrogen and oxygen atoms in total. The number of aromatic nitrogens is 3. The lowest BCUT2D eigenvalue weighted by Gasteiger charge is -1.83. The lowest BCUT2D eigenvalue weighted by Crippen LogP contribution is -2.06. The first-order valence-corrected chi connectivity index (χ1v) is 2.56. The van der Waals surface area contributed by atoms with E-state index in [0.29, 0.717) is 0 Å². The number of nitrogens with one attached hydrogen (secondary N) is 1. The Kier molecular flexibility index (Phi) is 1.63. The summed E-state index contributed by atoms with van der Waals surface area (Å²) in [4.78, 5) is 14.1. The number of ketones is 1. The first-order valence-electron chi connectivity index (χ1n) is 2.56. The van der Waals surface area contributed by atoms with Gasteiger partial charge in [-0.25, -0.2) is 5.10 Å². The number of aromatic amines is 1. The summed E-state index contributed by atoms with van der Waals surface area (Å²) in [6.45, 7) is -0.600. The van der Waals surface area contributed by atoms with E-state index in [2.05, 4.69) is 15.2 Å². The normalized spacial score (nSPS) is 9.70. The van der Waals surface area contributed by atoms with Gasteiger partial charge in [0.1, 0.15) is 6.61 Å². The van der Waals surface area contributed by atoms with E-state index in [1.54, 1.807) is 0 Å². The van der Waals surface area contributed by atoms with Crippen molar-refractivity contribution in [2.24, 2.45) is 0 Å². The van der Waals surface area contributed by atoms with Crippen molar-refractivity contribution in [2.45, 2.75) is 0 Å². The third-order valence-electron chi connectivity index (χ3n) is 0.896. The van der Waals surface area contributed by atoms with Gasteiger partial charge in [0, 0.05) is 0 Å². The van der Waals surface area contributed by atoms with E-state index in [-0.39, 0.29) is 11.8 Å². The number of nitrogens with two attached hydrogens (primary N) is 1. The molecule has 0 aliphatic heterocycles. The van der Waals surface area contributed by atoms with Crippen molar-refractivity contribution in [1.82, 2.24) is 15.2 Å². The molecule has 1 aromatic rings. The van der Waals surface area contributed by atoms with Crippen LogP contribution in [0.25, 0.3) is 0 Å². The molecule has 0 amide bonds. The monoisotopic (exact) mass is 142 g/mol. The van der Waals surface area contributed by atoms with Crippen LogP contribution < -0.4 is 5.73 Å². The SMILES string of the molecule is Nc1nc(C(=O)CO)n[nH]1.